The van der Waals surface area contributed by atoms with E-state index in [1.165, 1.54) is 45.1 Å². The molecule has 0 aromatic rings. The van der Waals surface area contributed by atoms with Crippen LogP contribution in [0.1, 0.15) is 58.3 Å². The van der Waals surface area contributed by atoms with E-state index in [0.717, 1.165) is 19.4 Å². The Balaban J connectivity index is 2.78. The van der Waals surface area contributed by atoms with Gasteiger partial charge >= 0.3 is 0 Å². The fourth-order valence-corrected chi connectivity index (χ4v) is 1.48. The molecule has 0 saturated heterocycles. The van der Waals surface area contributed by atoms with Crippen LogP contribution in [-0.2, 0) is 0 Å². The zero-order valence-corrected chi connectivity index (χ0v) is 9.66. The number of nitrogens with one attached hydrogen (secondary N) is 1. The van der Waals surface area contributed by atoms with Gasteiger partial charge in [0.1, 0.15) is 0 Å². The zero-order valence-electron chi connectivity index (χ0n) is 9.66. The van der Waals surface area contributed by atoms with Crippen LogP contribution in [0.25, 0.3) is 0 Å². The smallest absolute Gasteiger partial charge is 0.0894 e. The maximum absolute atomic E-state index is 11.7. The van der Waals surface area contributed by atoms with E-state index < -0.39 is 0 Å². The number of hydrogen-bond donors (Lipinski definition) is 1. The molecule has 86 valence electrons. The molecule has 0 atom stereocenters. The third kappa shape index (κ3) is 11.9. The molecule has 0 fully saturated rings. The Kier molecular flexibility index (Phi) is 12.8. The number of alkyl halides is 1. The van der Waals surface area contributed by atoms with Crippen LogP contribution in [0.15, 0.2) is 0 Å². The highest BCUT2D eigenvalue weighted by Gasteiger charge is 1.91. The first-order valence-electron chi connectivity index (χ1n) is 6.18. The first kappa shape index (κ1) is 13.9. The molecule has 0 aromatic heterocycles. The number of halogens is 1. The van der Waals surface area contributed by atoms with Crippen LogP contribution >= 0.6 is 0 Å². The van der Waals surface area contributed by atoms with Gasteiger partial charge in [-0.3, -0.25) is 4.39 Å². The molecule has 0 saturated carbocycles. The van der Waals surface area contributed by atoms with Crippen LogP contribution in [0.2, 0.25) is 0 Å². The Bertz CT molecular complexity index is 84.3. The Morgan fingerprint density at radius 2 is 1.36 bits per heavy atom. The van der Waals surface area contributed by atoms with Gasteiger partial charge in [0.05, 0.1) is 6.67 Å². The fraction of sp³-hybridized carbons (Fsp3) is 1.00. The summed E-state index contributed by atoms with van der Waals surface area (Å²) in [6.07, 6.45) is 9.44. The van der Waals surface area contributed by atoms with Crippen molar-refractivity contribution in [1.29, 1.82) is 0 Å². The van der Waals surface area contributed by atoms with E-state index in [2.05, 4.69) is 12.2 Å². The van der Waals surface area contributed by atoms with E-state index in [0.29, 0.717) is 0 Å². The van der Waals surface area contributed by atoms with Crippen molar-refractivity contribution >= 4 is 0 Å². The molecule has 1 N–H and O–H groups in total. The van der Waals surface area contributed by atoms with Crippen molar-refractivity contribution in [2.24, 2.45) is 0 Å². The molecular weight excluding hydrogens is 177 g/mol. The first-order chi connectivity index (χ1) is 6.91. The first-order valence-corrected chi connectivity index (χ1v) is 6.18. The normalized spacial score (nSPS) is 10.7. The van der Waals surface area contributed by atoms with Crippen molar-refractivity contribution in [3.05, 3.63) is 0 Å². The Labute approximate surface area is 88.5 Å². The fourth-order valence-electron chi connectivity index (χ4n) is 1.48. The minimum atomic E-state index is -0.140. The van der Waals surface area contributed by atoms with Crippen LogP contribution < -0.4 is 5.32 Å². The molecule has 2 heteroatoms. The quantitative estimate of drug-likeness (QED) is 0.505. The highest BCUT2D eigenvalue weighted by atomic mass is 19.1. The summed E-state index contributed by atoms with van der Waals surface area (Å²) >= 11 is 0. The van der Waals surface area contributed by atoms with Gasteiger partial charge < -0.3 is 5.32 Å². The van der Waals surface area contributed by atoms with E-state index in [1.807, 2.05) is 0 Å². The monoisotopic (exact) mass is 203 g/mol. The van der Waals surface area contributed by atoms with E-state index in [-0.39, 0.29) is 6.67 Å². The van der Waals surface area contributed by atoms with Crippen LogP contribution in [0, 0.1) is 0 Å². The standard InChI is InChI=1S/C12H26FN/c1-2-3-11-14-12-9-7-5-4-6-8-10-13/h14H,2-12H2,1H3. The molecule has 0 heterocycles. The summed E-state index contributed by atoms with van der Waals surface area (Å²) in [5.74, 6) is 0. The molecular formula is C12H26FN. The van der Waals surface area contributed by atoms with Crippen molar-refractivity contribution in [2.45, 2.75) is 58.3 Å². The summed E-state index contributed by atoms with van der Waals surface area (Å²) in [4.78, 5) is 0. The molecule has 0 unspecified atom stereocenters. The van der Waals surface area contributed by atoms with E-state index in [9.17, 15) is 4.39 Å². The van der Waals surface area contributed by atoms with Gasteiger partial charge in [0, 0.05) is 0 Å². The lowest BCUT2D eigenvalue weighted by atomic mass is 10.1. The number of rotatable bonds is 11. The molecule has 0 rings (SSSR count). The Hall–Kier alpha value is -0.110. The molecule has 0 bridgehead atoms. The lowest BCUT2D eigenvalue weighted by Gasteiger charge is -2.03. The average Bonchev–Trinajstić information content (AvgIpc) is 2.21. The predicted octanol–water partition coefficient (Wildman–Crippen LogP) is 3.69. The lowest BCUT2D eigenvalue weighted by Crippen LogP contribution is -2.16. The molecule has 0 radical (unpaired) electrons. The molecule has 0 aliphatic heterocycles. The minimum Gasteiger partial charge on any atom is -0.317 e. The van der Waals surface area contributed by atoms with Gasteiger partial charge in [-0.05, 0) is 32.4 Å². The summed E-state index contributed by atoms with van der Waals surface area (Å²) in [6, 6.07) is 0. The summed E-state index contributed by atoms with van der Waals surface area (Å²) in [5, 5.41) is 3.43. The van der Waals surface area contributed by atoms with Crippen LogP contribution in [0.3, 0.4) is 0 Å². The van der Waals surface area contributed by atoms with Crippen molar-refractivity contribution in [2.75, 3.05) is 19.8 Å². The van der Waals surface area contributed by atoms with Gasteiger partial charge in [0.25, 0.3) is 0 Å². The van der Waals surface area contributed by atoms with E-state index in [4.69, 9.17) is 0 Å². The second kappa shape index (κ2) is 12.9. The molecule has 0 aliphatic rings. The third-order valence-electron chi connectivity index (χ3n) is 2.44. The Morgan fingerprint density at radius 3 is 2.00 bits per heavy atom. The second-order valence-electron chi connectivity index (χ2n) is 3.91. The lowest BCUT2D eigenvalue weighted by molar-refractivity contribution is 0.449. The largest absolute Gasteiger partial charge is 0.317 e. The van der Waals surface area contributed by atoms with Gasteiger partial charge in [0.2, 0.25) is 0 Å². The zero-order chi connectivity index (χ0) is 10.5. The van der Waals surface area contributed by atoms with Gasteiger partial charge in [-0.15, -0.1) is 0 Å². The van der Waals surface area contributed by atoms with Crippen molar-refractivity contribution in [3.63, 3.8) is 0 Å². The second-order valence-corrected chi connectivity index (χ2v) is 3.91. The van der Waals surface area contributed by atoms with Crippen LogP contribution in [0.4, 0.5) is 4.39 Å². The SMILES string of the molecule is CCCCNCCCCCCCCF. The van der Waals surface area contributed by atoms with Crippen LogP contribution in [-0.4, -0.2) is 19.8 Å². The van der Waals surface area contributed by atoms with Crippen molar-refractivity contribution in [3.8, 4) is 0 Å². The third-order valence-corrected chi connectivity index (χ3v) is 2.44. The number of hydrogen-bond acceptors (Lipinski definition) is 1. The van der Waals surface area contributed by atoms with E-state index >= 15 is 0 Å². The maximum Gasteiger partial charge on any atom is 0.0894 e. The average molecular weight is 203 g/mol. The van der Waals surface area contributed by atoms with Crippen LogP contribution in [0.5, 0.6) is 0 Å². The highest BCUT2D eigenvalue weighted by molar-refractivity contribution is 4.49. The maximum atomic E-state index is 11.7. The molecule has 14 heavy (non-hydrogen) atoms. The molecule has 0 aromatic carbocycles. The number of unbranched alkanes of at least 4 members (excludes halogenated alkanes) is 6. The molecule has 0 amide bonds. The summed E-state index contributed by atoms with van der Waals surface area (Å²) in [6.45, 7) is 4.40. The summed E-state index contributed by atoms with van der Waals surface area (Å²) in [5.41, 5.74) is 0. The molecule has 1 nitrogen and oxygen atoms in total. The van der Waals surface area contributed by atoms with Gasteiger partial charge in [-0.2, -0.15) is 0 Å². The van der Waals surface area contributed by atoms with E-state index in [1.54, 1.807) is 0 Å². The Morgan fingerprint density at radius 1 is 0.786 bits per heavy atom. The van der Waals surface area contributed by atoms with Gasteiger partial charge in [0.15, 0.2) is 0 Å². The summed E-state index contributed by atoms with van der Waals surface area (Å²) < 4.78 is 11.7. The van der Waals surface area contributed by atoms with Gasteiger partial charge in [-0.25, -0.2) is 0 Å². The molecule has 0 aliphatic carbocycles. The highest BCUT2D eigenvalue weighted by Crippen LogP contribution is 2.04. The van der Waals surface area contributed by atoms with Crippen molar-refractivity contribution < 1.29 is 4.39 Å². The van der Waals surface area contributed by atoms with Crippen molar-refractivity contribution in [1.82, 2.24) is 5.32 Å². The minimum absolute atomic E-state index is 0.140. The van der Waals surface area contributed by atoms with Gasteiger partial charge in [-0.1, -0.05) is 39.0 Å². The topological polar surface area (TPSA) is 12.0 Å². The summed E-state index contributed by atoms with van der Waals surface area (Å²) in [7, 11) is 0. The predicted molar refractivity (Wildman–Crippen MR) is 61.5 cm³/mol. The molecule has 0 spiro atoms.